The maximum absolute atomic E-state index is 13.2. The van der Waals surface area contributed by atoms with Gasteiger partial charge in [0.05, 0.1) is 5.69 Å². The molecule has 0 saturated carbocycles. The van der Waals surface area contributed by atoms with Gasteiger partial charge in [-0.15, -0.1) is 0 Å². The van der Waals surface area contributed by atoms with Crippen molar-refractivity contribution in [1.82, 2.24) is 5.32 Å². The van der Waals surface area contributed by atoms with Crippen LogP contribution in [0.1, 0.15) is 12.8 Å². The molecular formula is C12H15FN2O2. The molecule has 1 unspecified atom stereocenters. The predicted molar refractivity (Wildman–Crippen MR) is 62.4 cm³/mol. The molecule has 1 fully saturated rings. The van der Waals surface area contributed by atoms with Crippen molar-refractivity contribution in [3.8, 4) is 0 Å². The summed E-state index contributed by atoms with van der Waals surface area (Å²) in [5, 5.41) is 5.53. The van der Waals surface area contributed by atoms with Crippen molar-refractivity contribution in [2.75, 3.05) is 18.4 Å². The molecular weight excluding hydrogens is 223 g/mol. The van der Waals surface area contributed by atoms with Crippen molar-refractivity contribution < 1.29 is 13.9 Å². The van der Waals surface area contributed by atoms with Gasteiger partial charge in [0.15, 0.2) is 0 Å². The molecule has 1 saturated heterocycles. The van der Waals surface area contributed by atoms with Crippen LogP contribution in [0.4, 0.5) is 14.9 Å². The average molecular weight is 238 g/mol. The lowest BCUT2D eigenvalue weighted by molar-refractivity contribution is 0.0941. The molecule has 2 N–H and O–H groups in total. The fourth-order valence-corrected chi connectivity index (χ4v) is 1.77. The minimum atomic E-state index is -0.608. The SMILES string of the molecule is O=C(Nc1ccccc1F)OC1CCCNC1. The third-order valence-electron chi connectivity index (χ3n) is 2.64. The molecule has 1 atom stereocenters. The van der Waals surface area contributed by atoms with E-state index in [9.17, 15) is 9.18 Å². The highest BCUT2D eigenvalue weighted by molar-refractivity contribution is 5.84. The molecule has 0 aromatic heterocycles. The Morgan fingerprint density at radius 3 is 3.00 bits per heavy atom. The molecule has 1 amide bonds. The predicted octanol–water partition coefficient (Wildman–Crippen LogP) is 2.13. The van der Waals surface area contributed by atoms with Crippen molar-refractivity contribution in [1.29, 1.82) is 0 Å². The molecule has 2 rings (SSSR count). The van der Waals surface area contributed by atoms with Gasteiger partial charge in [0.2, 0.25) is 0 Å². The summed E-state index contributed by atoms with van der Waals surface area (Å²) >= 11 is 0. The number of benzene rings is 1. The number of para-hydroxylation sites is 1. The van der Waals surface area contributed by atoms with E-state index in [-0.39, 0.29) is 11.8 Å². The molecule has 1 aromatic carbocycles. The van der Waals surface area contributed by atoms with Crippen molar-refractivity contribution in [3.05, 3.63) is 30.1 Å². The zero-order valence-corrected chi connectivity index (χ0v) is 9.41. The zero-order chi connectivity index (χ0) is 12.1. The number of anilines is 1. The Morgan fingerprint density at radius 2 is 2.29 bits per heavy atom. The van der Waals surface area contributed by atoms with Crippen molar-refractivity contribution >= 4 is 11.8 Å². The largest absolute Gasteiger partial charge is 0.445 e. The van der Waals surface area contributed by atoms with Crippen LogP contribution in [0.25, 0.3) is 0 Å². The van der Waals surface area contributed by atoms with Crippen LogP contribution >= 0.6 is 0 Å². The Hall–Kier alpha value is -1.62. The van der Waals surface area contributed by atoms with Crippen LogP contribution in [0.15, 0.2) is 24.3 Å². The first kappa shape index (κ1) is 11.9. The smallest absolute Gasteiger partial charge is 0.412 e. The number of carbonyl (C=O) groups excluding carboxylic acids is 1. The standard InChI is InChI=1S/C12H15FN2O2/c13-10-5-1-2-6-11(10)15-12(16)17-9-4-3-7-14-8-9/h1-2,5-6,9,14H,3-4,7-8H2,(H,15,16). The summed E-state index contributed by atoms with van der Waals surface area (Å²) in [6.45, 7) is 1.61. The first-order valence-electron chi connectivity index (χ1n) is 5.68. The van der Waals surface area contributed by atoms with Crippen LogP contribution in [0.5, 0.6) is 0 Å². The number of nitrogens with one attached hydrogen (secondary N) is 2. The number of rotatable bonds is 2. The van der Waals surface area contributed by atoms with Crippen LogP contribution < -0.4 is 10.6 Å². The molecule has 17 heavy (non-hydrogen) atoms. The van der Waals surface area contributed by atoms with Gasteiger partial charge >= 0.3 is 6.09 Å². The summed E-state index contributed by atoms with van der Waals surface area (Å²) in [5.74, 6) is -0.466. The Morgan fingerprint density at radius 1 is 1.47 bits per heavy atom. The number of ether oxygens (including phenoxy) is 1. The van der Waals surface area contributed by atoms with Gasteiger partial charge < -0.3 is 10.1 Å². The Bertz CT molecular complexity index is 392. The van der Waals surface area contributed by atoms with E-state index in [4.69, 9.17) is 4.74 Å². The first-order valence-corrected chi connectivity index (χ1v) is 5.68. The van der Waals surface area contributed by atoms with E-state index < -0.39 is 11.9 Å². The third kappa shape index (κ3) is 3.42. The van der Waals surface area contributed by atoms with E-state index in [1.807, 2.05) is 0 Å². The van der Waals surface area contributed by atoms with Gasteiger partial charge in [-0.25, -0.2) is 9.18 Å². The van der Waals surface area contributed by atoms with Gasteiger partial charge in [0.1, 0.15) is 11.9 Å². The molecule has 1 heterocycles. The number of halogens is 1. The normalized spacial score (nSPS) is 19.7. The van der Waals surface area contributed by atoms with Gasteiger partial charge in [-0.05, 0) is 31.5 Å². The van der Waals surface area contributed by atoms with Crippen molar-refractivity contribution in [3.63, 3.8) is 0 Å². The second kappa shape index (κ2) is 5.63. The minimum absolute atomic E-state index is 0.129. The third-order valence-corrected chi connectivity index (χ3v) is 2.64. The highest BCUT2D eigenvalue weighted by Crippen LogP contribution is 2.14. The number of hydrogen-bond donors (Lipinski definition) is 2. The Balaban J connectivity index is 1.86. The van der Waals surface area contributed by atoms with Crippen molar-refractivity contribution in [2.45, 2.75) is 18.9 Å². The summed E-state index contributed by atoms with van der Waals surface area (Å²) < 4.78 is 18.4. The van der Waals surface area contributed by atoms with E-state index in [1.165, 1.54) is 12.1 Å². The lowest BCUT2D eigenvalue weighted by atomic mass is 10.1. The fraction of sp³-hybridized carbons (Fsp3) is 0.417. The van der Waals surface area contributed by atoms with Gasteiger partial charge in [0, 0.05) is 6.54 Å². The minimum Gasteiger partial charge on any atom is -0.445 e. The van der Waals surface area contributed by atoms with Crippen LogP contribution in [-0.2, 0) is 4.74 Å². The van der Waals surface area contributed by atoms with Crippen LogP contribution in [0.3, 0.4) is 0 Å². The molecule has 4 nitrogen and oxygen atoms in total. The second-order valence-electron chi connectivity index (χ2n) is 3.98. The van der Waals surface area contributed by atoms with Gasteiger partial charge in [-0.3, -0.25) is 5.32 Å². The van der Waals surface area contributed by atoms with Crippen LogP contribution in [0.2, 0.25) is 0 Å². The number of carbonyl (C=O) groups is 1. The lowest BCUT2D eigenvalue weighted by Gasteiger charge is -2.22. The van der Waals surface area contributed by atoms with Crippen LogP contribution in [-0.4, -0.2) is 25.3 Å². The van der Waals surface area contributed by atoms with E-state index in [0.29, 0.717) is 6.54 Å². The molecule has 0 spiro atoms. The maximum atomic E-state index is 13.2. The van der Waals surface area contributed by atoms with E-state index in [1.54, 1.807) is 12.1 Å². The highest BCUT2D eigenvalue weighted by Gasteiger charge is 2.17. The highest BCUT2D eigenvalue weighted by atomic mass is 19.1. The topological polar surface area (TPSA) is 50.4 Å². The number of piperidine rings is 1. The molecule has 0 radical (unpaired) electrons. The van der Waals surface area contributed by atoms with E-state index >= 15 is 0 Å². The first-order chi connectivity index (χ1) is 8.25. The van der Waals surface area contributed by atoms with Gasteiger partial charge in [-0.2, -0.15) is 0 Å². The van der Waals surface area contributed by atoms with E-state index in [2.05, 4.69) is 10.6 Å². The molecule has 5 heteroatoms. The van der Waals surface area contributed by atoms with Crippen molar-refractivity contribution in [2.24, 2.45) is 0 Å². The number of amides is 1. The second-order valence-corrected chi connectivity index (χ2v) is 3.98. The van der Waals surface area contributed by atoms with Gasteiger partial charge in [-0.1, -0.05) is 12.1 Å². The van der Waals surface area contributed by atoms with Crippen LogP contribution in [0, 0.1) is 5.82 Å². The molecule has 1 aliphatic heterocycles. The summed E-state index contributed by atoms with van der Waals surface area (Å²) in [6.07, 6.45) is 1.09. The molecule has 92 valence electrons. The monoisotopic (exact) mass is 238 g/mol. The average Bonchev–Trinajstić information content (AvgIpc) is 2.33. The zero-order valence-electron chi connectivity index (χ0n) is 9.41. The summed E-state index contributed by atoms with van der Waals surface area (Å²) in [6, 6.07) is 6.01. The summed E-state index contributed by atoms with van der Waals surface area (Å²) in [5.41, 5.74) is 0.140. The summed E-state index contributed by atoms with van der Waals surface area (Å²) in [4.78, 5) is 11.5. The van der Waals surface area contributed by atoms with E-state index in [0.717, 1.165) is 19.4 Å². The van der Waals surface area contributed by atoms with Gasteiger partial charge in [0.25, 0.3) is 0 Å². The Labute approximate surface area is 99.2 Å². The quantitative estimate of drug-likeness (QED) is 0.829. The molecule has 1 aliphatic rings. The maximum Gasteiger partial charge on any atom is 0.412 e. The molecule has 0 bridgehead atoms. The molecule has 0 aliphatic carbocycles. The number of hydrogen-bond acceptors (Lipinski definition) is 3. The Kier molecular flexibility index (Phi) is 3.93. The fourth-order valence-electron chi connectivity index (χ4n) is 1.77. The lowest BCUT2D eigenvalue weighted by Crippen LogP contribution is -2.37. The summed E-state index contributed by atoms with van der Waals surface area (Å²) in [7, 11) is 0. The molecule has 1 aromatic rings.